The number of nitrogens with zero attached hydrogens (tertiary/aromatic N) is 1. The first-order valence-electron chi connectivity index (χ1n) is 19.5. The number of amides is 2. The SMILES string of the molecule is CC1C(CN2CCC3(CC2)OCCO3)OC(c2ccc(-c3cccc(CNC(=O)Nc4ccc(Oc5ccccc5)cc4)c3)cc2)OC1c1ccc(CO)cc1. The van der Waals surface area contributed by atoms with Gasteiger partial charge in [-0.2, -0.15) is 0 Å². The van der Waals surface area contributed by atoms with Crippen LogP contribution in [0.1, 0.15) is 54.4 Å². The summed E-state index contributed by atoms with van der Waals surface area (Å²) in [6.07, 6.45) is 0.911. The molecule has 0 aromatic heterocycles. The van der Waals surface area contributed by atoms with Crippen molar-refractivity contribution in [2.24, 2.45) is 5.92 Å². The van der Waals surface area contributed by atoms with Crippen LogP contribution in [0.25, 0.3) is 11.1 Å². The van der Waals surface area contributed by atoms with E-state index in [9.17, 15) is 9.90 Å². The predicted molar refractivity (Wildman–Crippen MR) is 214 cm³/mol. The number of aliphatic hydroxyl groups is 1. The van der Waals surface area contributed by atoms with E-state index in [4.69, 9.17) is 23.7 Å². The third-order valence-electron chi connectivity index (χ3n) is 11.0. The van der Waals surface area contributed by atoms with Crippen LogP contribution in [0.2, 0.25) is 0 Å². The van der Waals surface area contributed by atoms with Crippen molar-refractivity contribution < 1.29 is 33.6 Å². The maximum Gasteiger partial charge on any atom is 0.319 e. The van der Waals surface area contributed by atoms with Gasteiger partial charge in [0.05, 0.1) is 32.0 Å². The Labute approximate surface area is 328 Å². The summed E-state index contributed by atoms with van der Waals surface area (Å²) in [6.45, 7) is 6.48. The van der Waals surface area contributed by atoms with E-state index in [-0.39, 0.29) is 30.8 Å². The lowest BCUT2D eigenvalue weighted by Gasteiger charge is -2.44. The lowest BCUT2D eigenvalue weighted by Crippen LogP contribution is -2.50. The summed E-state index contributed by atoms with van der Waals surface area (Å²) in [6, 6.07) is 41.1. The maximum absolute atomic E-state index is 12.8. The summed E-state index contributed by atoms with van der Waals surface area (Å²) < 4.78 is 31.3. The van der Waals surface area contributed by atoms with Gasteiger partial charge in [-0.1, -0.05) is 91.9 Å². The Morgan fingerprint density at radius 3 is 2.18 bits per heavy atom. The van der Waals surface area contributed by atoms with Crippen LogP contribution in [0.4, 0.5) is 10.5 Å². The molecule has 0 bridgehead atoms. The van der Waals surface area contributed by atoms with Crippen LogP contribution in [-0.4, -0.2) is 60.8 Å². The molecule has 2 amide bonds. The van der Waals surface area contributed by atoms with Gasteiger partial charge in [0, 0.05) is 56.2 Å². The summed E-state index contributed by atoms with van der Waals surface area (Å²) in [5, 5.41) is 15.5. The molecule has 0 saturated carbocycles. The molecule has 8 rings (SSSR count). The average Bonchev–Trinajstić information content (AvgIpc) is 3.71. The molecule has 10 nitrogen and oxygen atoms in total. The van der Waals surface area contributed by atoms with Gasteiger partial charge in [0.15, 0.2) is 12.1 Å². The minimum atomic E-state index is -0.549. The number of carbonyl (C=O) groups is 1. The molecule has 3 aliphatic heterocycles. The third kappa shape index (κ3) is 9.13. The highest BCUT2D eigenvalue weighted by Gasteiger charge is 2.43. The van der Waals surface area contributed by atoms with Crippen molar-refractivity contribution in [3.05, 3.63) is 150 Å². The van der Waals surface area contributed by atoms with Crippen LogP contribution >= 0.6 is 0 Å². The number of likely N-dealkylation sites (tertiary alicyclic amines) is 1. The predicted octanol–water partition coefficient (Wildman–Crippen LogP) is 8.59. The molecule has 0 radical (unpaired) electrons. The highest BCUT2D eigenvalue weighted by Crippen LogP contribution is 2.43. The molecule has 4 atom stereocenters. The van der Waals surface area contributed by atoms with Crippen molar-refractivity contribution in [2.45, 2.75) is 57.2 Å². The van der Waals surface area contributed by atoms with E-state index in [1.165, 1.54) is 0 Å². The quantitative estimate of drug-likeness (QED) is 0.123. The molecule has 3 saturated heterocycles. The fraction of sp³-hybridized carbons (Fsp3) is 0.326. The van der Waals surface area contributed by atoms with Gasteiger partial charge in [0.2, 0.25) is 0 Å². The van der Waals surface area contributed by atoms with Crippen molar-refractivity contribution in [2.75, 3.05) is 38.2 Å². The number of nitrogens with one attached hydrogen (secondary N) is 2. The summed E-state index contributed by atoms with van der Waals surface area (Å²) in [5.74, 6) is 1.12. The van der Waals surface area contributed by atoms with Crippen LogP contribution in [0.5, 0.6) is 11.5 Å². The first-order chi connectivity index (χ1) is 27.4. The molecule has 3 N–H and O–H groups in total. The summed E-state index contributed by atoms with van der Waals surface area (Å²) >= 11 is 0. The third-order valence-corrected chi connectivity index (χ3v) is 11.0. The minimum absolute atomic E-state index is 0.00229. The number of hydrogen-bond acceptors (Lipinski definition) is 8. The van der Waals surface area contributed by atoms with Crippen LogP contribution in [-0.2, 0) is 32.1 Å². The Hall–Kier alpha value is -5.07. The van der Waals surface area contributed by atoms with Gasteiger partial charge in [0.1, 0.15) is 11.5 Å². The van der Waals surface area contributed by atoms with E-state index in [1.54, 1.807) is 0 Å². The number of ether oxygens (including phenoxy) is 5. The Morgan fingerprint density at radius 2 is 1.46 bits per heavy atom. The largest absolute Gasteiger partial charge is 0.457 e. The van der Waals surface area contributed by atoms with E-state index in [0.717, 1.165) is 71.6 Å². The molecule has 3 fully saturated rings. The van der Waals surface area contributed by atoms with E-state index in [1.807, 2.05) is 78.9 Å². The van der Waals surface area contributed by atoms with Crippen LogP contribution in [0.3, 0.4) is 0 Å². The van der Waals surface area contributed by atoms with Crippen molar-refractivity contribution in [3.8, 4) is 22.6 Å². The fourth-order valence-corrected chi connectivity index (χ4v) is 7.73. The second-order valence-corrected chi connectivity index (χ2v) is 14.8. The van der Waals surface area contributed by atoms with Gasteiger partial charge >= 0.3 is 6.03 Å². The number of urea groups is 1. The van der Waals surface area contributed by atoms with E-state index in [0.29, 0.717) is 31.2 Å². The van der Waals surface area contributed by atoms with Gasteiger partial charge in [0.25, 0.3) is 0 Å². The molecule has 1 spiro atoms. The van der Waals surface area contributed by atoms with Crippen molar-refractivity contribution in [1.29, 1.82) is 0 Å². The van der Waals surface area contributed by atoms with Crippen LogP contribution in [0, 0.1) is 5.92 Å². The number of carbonyl (C=O) groups excluding carboxylic acids is 1. The molecular formula is C46H49N3O7. The second kappa shape index (κ2) is 17.4. The van der Waals surface area contributed by atoms with Gasteiger partial charge in [-0.25, -0.2) is 4.79 Å². The zero-order valence-electron chi connectivity index (χ0n) is 31.6. The zero-order chi connectivity index (χ0) is 38.3. The van der Waals surface area contributed by atoms with Crippen molar-refractivity contribution in [3.63, 3.8) is 0 Å². The van der Waals surface area contributed by atoms with Crippen LogP contribution < -0.4 is 15.4 Å². The summed E-state index contributed by atoms with van der Waals surface area (Å²) in [7, 11) is 0. The number of piperidine rings is 1. The lowest BCUT2D eigenvalue weighted by atomic mass is 9.89. The molecule has 0 aliphatic carbocycles. The normalized spacial score (nSPS) is 22.1. The van der Waals surface area contributed by atoms with Gasteiger partial charge < -0.3 is 44.3 Å². The molecule has 5 aromatic rings. The maximum atomic E-state index is 12.8. The van der Waals surface area contributed by atoms with Gasteiger partial charge in [-0.3, -0.25) is 0 Å². The average molecular weight is 756 g/mol. The molecule has 3 heterocycles. The molecule has 4 unspecified atom stereocenters. The monoisotopic (exact) mass is 755 g/mol. The Balaban J connectivity index is 0.900. The topological polar surface area (TPSA) is 111 Å². The molecule has 3 aliphatic rings. The van der Waals surface area contributed by atoms with Crippen LogP contribution in [0.15, 0.2) is 127 Å². The Morgan fingerprint density at radius 1 is 0.768 bits per heavy atom. The van der Waals surface area contributed by atoms with Gasteiger partial charge in [-0.05, 0) is 70.3 Å². The number of anilines is 1. The van der Waals surface area contributed by atoms with Gasteiger partial charge in [-0.15, -0.1) is 0 Å². The minimum Gasteiger partial charge on any atom is -0.457 e. The van der Waals surface area contributed by atoms with Crippen molar-refractivity contribution >= 4 is 11.7 Å². The Kier molecular flexibility index (Phi) is 11.7. The van der Waals surface area contributed by atoms with Crippen molar-refractivity contribution in [1.82, 2.24) is 10.2 Å². The summed E-state index contributed by atoms with van der Waals surface area (Å²) in [5.41, 5.74) is 6.63. The smallest absolute Gasteiger partial charge is 0.319 e. The summed E-state index contributed by atoms with van der Waals surface area (Å²) in [4.78, 5) is 15.2. The molecular weight excluding hydrogens is 707 g/mol. The fourth-order valence-electron chi connectivity index (χ4n) is 7.73. The first-order valence-corrected chi connectivity index (χ1v) is 19.5. The number of para-hydroxylation sites is 1. The van der Waals surface area contributed by atoms with E-state index >= 15 is 0 Å². The molecule has 56 heavy (non-hydrogen) atoms. The number of rotatable bonds is 11. The van der Waals surface area contributed by atoms with E-state index < -0.39 is 12.1 Å². The zero-order valence-corrected chi connectivity index (χ0v) is 31.6. The first kappa shape index (κ1) is 37.8. The molecule has 5 aromatic carbocycles. The van der Waals surface area contributed by atoms with E-state index in [2.05, 4.69) is 71.0 Å². The number of aliphatic hydroxyl groups excluding tert-OH is 1. The lowest BCUT2D eigenvalue weighted by molar-refractivity contribution is -0.278. The Bertz CT molecular complexity index is 2030. The highest BCUT2D eigenvalue weighted by atomic mass is 16.7. The standard InChI is InChI=1S/C46H49N3O7/c1-32-42(30-49-24-22-46(23-25-49)52-26-27-53-46)55-44(56-43(32)36-12-10-33(31-50)11-13-36)37-16-14-35(15-17-37)38-7-5-6-34(28-38)29-47-45(51)48-39-18-20-41(21-19-39)54-40-8-3-2-4-9-40/h2-21,28,32,42-44,50H,22-27,29-31H2,1H3,(H2,47,48,51). The second-order valence-electron chi connectivity index (χ2n) is 14.8. The highest BCUT2D eigenvalue weighted by molar-refractivity contribution is 5.89. The number of hydrogen-bond donors (Lipinski definition) is 3. The molecule has 10 heteroatoms. The number of benzene rings is 5. The molecule has 290 valence electrons.